The average Bonchev–Trinajstić information content (AvgIpc) is 2.20. The third-order valence-electron chi connectivity index (χ3n) is 2.32. The van der Waals surface area contributed by atoms with Crippen molar-refractivity contribution in [1.82, 2.24) is 0 Å². The van der Waals surface area contributed by atoms with Crippen LogP contribution in [0, 0.1) is 0 Å². The fourth-order valence-electron chi connectivity index (χ4n) is 1.52. The topological polar surface area (TPSA) is 26.0 Å². The molecule has 0 fully saturated rings. The molecule has 3 heteroatoms. The normalized spacial score (nSPS) is 12.8. The number of hydrogen-bond acceptors (Lipinski definition) is 2. The van der Waals surface area contributed by atoms with Gasteiger partial charge in [-0.15, -0.1) is 11.8 Å². The predicted octanol–water partition coefficient (Wildman–Crippen LogP) is 4.23. The van der Waals surface area contributed by atoms with Crippen LogP contribution in [0.15, 0.2) is 27.6 Å². The molecule has 0 amide bonds. The van der Waals surface area contributed by atoms with Crippen molar-refractivity contribution in [2.45, 2.75) is 44.0 Å². The number of thioether (sulfide) groups is 1. The molecule has 0 saturated heterocycles. The van der Waals surface area contributed by atoms with E-state index in [-0.39, 0.29) is 6.04 Å². The number of unbranched alkanes of at least 4 members (excludes halogenated alkanes) is 1. The van der Waals surface area contributed by atoms with Gasteiger partial charge < -0.3 is 5.73 Å². The van der Waals surface area contributed by atoms with Crippen molar-refractivity contribution in [1.29, 1.82) is 0 Å². The molecule has 1 nitrogen and oxygen atoms in total. The highest BCUT2D eigenvalue weighted by atomic mass is 79.9. The highest BCUT2D eigenvalue weighted by molar-refractivity contribution is 9.10. The molecule has 1 unspecified atom stereocenters. The quantitative estimate of drug-likeness (QED) is 0.628. The first-order chi connectivity index (χ1) is 7.63. The third-order valence-corrected chi connectivity index (χ3v) is 4.02. The Hall–Kier alpha value is 0.01000. The molecule has 0 radical (unpaired) electrons. The smallest absolute Gasteiger partial charge is 0.0178 e. The molecule has 0 bridgehead atoms. The first-order valence-corrected chi connectivity index (χ1v) is 7.58. The summed E-state index contributed by atoms with van der Waals surface area (Å²) in [6, 6.07) is 6.72. The molecule has 1 aromatic rings. The number of rotatable bonds is 6. The van der Waals surface area contributed by atoms with E-state index >= 15 is 0 Å². The molecule has 0 aliphatic heterocycles. The third kappa shape index (κ3) is 4.89. The Bertz CT molecular complexity index is 326. The predicted molar refractivity (Wildman–Crippen MR) is 77.1 cm³/mol. The number of nitrogens with two attached hydrogens (primary N) is 1. The molecule has 16 heavy (non-hydrogen) atoms. The molecular weight excluding hydrogens is 282 g/mol. The van der Waals surface area contributed by atoms with Gasteiger partial charge in [0.25, 0.3) is 0 Å². The Morgan fingerprint density at radius 3 is 2.81 bits per heavy atom. The summed E-state index contributed by atoms with van der Waals surface area (Å²) in [6.07, 6.45) is 3.48. The van der Waals surface area contributed by atoms with Gasteiger partial charge in [0.2, 0.25) is 0 Å². The van der Waals surface area contributed by atoms with Crippen molar-refractivity contribution >= 4 is 27.7 Å². The molecule has 1 rings (SSSR count). The van der Waals surface area contributed by atoms with Gasteiger partial charge in [-0.2, -0.15) is 0 Å². The van der Waals surface area contributed by atoms with E-state index in [9.17, 15) is 0 Å². The minimum atomic E-state index is 0.222. The molecule has 90 valence electrons. The van der Waals surface area contributed by atoms with Gasteiger partial charge in [-0.3, -0.25) is 0 Å². The van der Waals surface area contributed by atoms with Crippen LogP contribution in [0.5, 0.6) is 0 Å². The van der Waals surface area contributed by atoms with E-state index in [1.807, 2.05) is 11.8 Å². The molecule has 1 aromatic carbocycles. The van der Waals surface area contributed by atoms with E-state index in [1.54, 1.807) is 0 Å². The van der Waals surface area contributed by atoms with Crippen molar-refractivity contribution < 1.29 is 0 Å². The van der Waals surface area contributed by atoms with Gasteiger partial charge in [-0.05, 0) is 49.3 Å². The number of halogens is 1. The van der Waals surface area contributed by atoms with Crippen LogP contribution in [-0.2, 0) is 6.42 Å². The van der Waals surface area contributed by atoms with E-state index in [0.717, 1.165) is 10.9 Å². The maximum Gasteiger partial charge on any atom is 0.0178 e. The summed E-state index contributed by atoms with van der Waals surface area (Å²) in [6.45, 7) is 4.28. The Morgan fingerprint density at radius 2 is 2.19 bits per heavy atom. The van der Waals surface area contributed by atoms with Crippen molar-refractivity contribution in [2.75, 3.05) is 5.75 Å². The van der Waals surface area contributed by atoms with Crippen LogP contribution in [0.1, 0.15) is 32.3 Å². The number of benzene rings is 1. The maximum absolute atomic E-state index is 5.87. The summed E-state index contributed by atoms with van der Waals surface area (Å²) in [7, 11) is 0. The lowest BCUT2D eigenvalue weighted by Gasteiger charge is -2.11. The van der Waals surface area contributed by atoms with Crippen LogP contribution in [-0.4, -0.2) is 11.8 Å². The molecule has 2 N–H and O–H groups in total. The Balaban J connectivity index is 2.72. The Kier molecular flexibility index (Phi) is 6.47. The van der Waals surface area contributed by atoms with Crippen LogP contribution in [0.25, 0.3) is 0 Å². The fourth-order valence-corrected chi connectivity index (χ4v) is 3.08. The summed E-state index contributed by atoms with van der Waals surface area (Å²) < 4.78 is 1.14. The Morgan fingerprint density at radius 1 is 1.44 bits per heavy atom. The van der Waals surface area contributed by atoms with Crippen molar-refractivity contribution in [3.8, 4) is 0 Å². The molecular formula is C13H20BrNS. The van der Waals surface area contributed by atoms with Gasteiger partial charge in [-0.25, -0.2) is 0 Å². The van der Waals surface area contributed by atoms with Gasteiger partial charge in [0.1, 0.15) is 0 Å². The standard InChI is InChI=1S/C13H20BrNS/c1-3-4-7-16-13-6-5-12(14)9-11(13)8-10(2)15/h5-6,9-10H,3-4,7-8,15H2,1-2H3. The zero-order valence-electron chi connectivity index (χ0n) is 10.0. The van der Waals surface area contributed by atoms with E-state index < -0.39 is 0 Å². The summed E-state index contributed by atoms with van der Waals surface area (Å²) in [5.41, 5.74) is 7.24. The van der Waals surface area contributed by atoms with Crippen LogP contribution in [0.3, 0.4) is 0 Å². The molecule has 0 saturated carbocycles. The highest BCUT2D eigenvalue weighted by Crippen LogP contribution is 2.27. The van der Waals surface area contributed by atoms with Gasteiger partial charge in [0, 0.05) is 15.4 Å². The van der Waals surface area contributed by atoms with Crippen LogP contribution >= 0.6 is 27.7 Å². The van der Waals surface area contributed by atoms with Gasteiger partial charge in [0.15, 0.2) is 0 Å². The first-order valence-electron chi connectivity index (χ1n) is 5.80. The molecule has 0 spiro atoms. The van der Waals surface area contributed by atoms with E-state index in [4.69, 9.17) is 5.73 Å². The lowest BCUT2D eigenvalue weighted by Crippen LogP contribution is -2.18. The second-order valence-corrected chi connectivity index (χ2v) is 6.19. The minimum absolute atomic E-state index is 0.222. The minimum Gasteiger partial charge on any atom is -0.328 e. The van der Waals surface area contributed by atoms with Gasteiger partial charge in [0.05, 0.1) is 0 Å². The zero-order valence-corrected chi connectivity index (χ0v) is 12.4. The monoisotopic (exact) mass is 301 g/mol. The summed E-state index contributed by atoms with van der Waals surface area (Å²) in [4.78, 5) is 1.38. The molecule has 0 aliphatic rings. The Labute approximate surface area is 111 Å². The van der Waals surface area contributed by atoms with E-state index in [2.05, 4.69) is 48.0 Å². The highest BCUT2D eigenvalue weighted by Gasteiger charge is 2.06. The molecule has 0 heterocycles. The average molecular weight is 302 g/mol. The maximum atomic E-state index is 5.87. The van der Waals surface area contributed by atoms with E-state index in [0.29, 0.717) is 0 Å². The molecule has 0 aromatic heterocycles. The van der Waals surface area contributed by atoms with E-state index in [1.165, 1.54) is 29.1 Å². The second-order valence-electron chi connectivity index (χ2n) is 4.14. The van der Waals surface area contributed by atoms with Crippen LogP contribution in [0.2, 0.25) is 0 Å². The summed E-state index contributed by atoms with van der Waals surface area (Å²) in [5, 5.41) is 0. The van der Waals surface area contributed by atoms with Crippen molar-refractivity contribution in [3.05, 3.63) is 28.2 Å². The SMILES string of the molecule is CCCCSc1ccc(Br)cc1CC(C)N. The van der Waals surface area contributed by atoms with Crippen LogP contribution in [0.4, 0.5) is 0 Å². The van der Waals surface area contributed by atoms with Gasteiger partial charge in [-0.1, -0.05) is 29.3 Å². The second kappa shape index (κ2) is 7.36. The molecule has 1 atom stereocenters. The number of hydrogen-bond donors (Lipinski definition) is 1. The van der Waals surface area contributed by atoms with Crippen LogP contribution < -0.4 is 5.73 Å². The van der Waals surface area contributed by atoms with Gasteiger partial charge >= 0.3 is 0 Å². The van der Waals surface area contributed by atoms with Crippen molar-refractivity contribution in [3.63, 3.8) is 0 Å². The lowest BCUT2D eigenvalue weighted by molar-refractivity contribution is 0.729. The molecule has 0 aliphatic carbocycles. The first kappa shape index (κ1) is 14.1. The summed E-state index contributed by atoms with van der Waals surface area (Å²) >= 11 is 5.46. The zero-order chi connectivity index (χ0) is 12.0. The fraction of sp³-hybridized carbons (Fsp3) is 0.538. The largest absolute Gasteiger partial charge is 0.328 e. The summed E-state index contributed by atoms with van der Waals surface area (Å²) in [5.74, 6) is 1.20. The lowest BCUT2D eigenvalue weighted by atomic mass is 10.1. The van der Waals surface area contributed by atoms with Crippen molar-refractivity contribution in [2.24, 2.45) is 5.73 Å².